The van der Waals surface area contributed by atoms with Crippen molar-refractivity contribution >= 4 is 5.91 Å². The van der Waals surface area contributed by atoms with Gasteiger partial charge in [0.2, 0.25) is 0 Å². The second-order valence-corrected chi connectivity index (χ2v) is 10.6. The molecule has 0 aliphatic carbocycles. The van der Waals surface area contributed by atoms with Gasteiger partial charge in [-0.15, -0.1) is 0 Å². The number of carbonyl (C=O) groups is 1. The summed E-state index contributed by atoms with van der Waals surface area (Å²) in [7, 11) is 0. The molecule has 4 heterocycles. The molecule has 1 aliphatic rings. The molecule has 5 rings (SSSR count). The first kappa shape index (κ1) is 25.0. The fourth-order valence-electron chi connectivity index (χ4n) is 5.46. The Kier molecular flexibility index (Phi) is 7.26. The van der Waals surface area contributed by atoms with Gasteiger partial charge in [-0.2, -0.15) is 0 Å². The van der Waals surface area contributed by atoms with Crippen LogP contribution in [0.25, 0.3) is 0 Å². The van der Waals surface area contributed by atoms with Crippen molar-refractivity contribution in [1.29, 1.82) is 0 Å². The number of hydrogen-bond donors (Lipinski definition) is 0. The Balaban J connectivity index is 1.23. The maximum atomic E-state index is 13.5. The monoisotopic (exact) mass is 495 g/mol. The highest BCUT2D eigenvalue weighted by Crippen LogP contribution is 2.29. The van der Waals surface area contributed by atoms with Crippen LogP contribution in [0.4, 0.5) is 0 Å². The third kappa shape index (κ3) is 5.38. The zero-order chi connectivity index (χ0) is 25.9. The molecule has 0 atom stereocenters. The largest absolute Gasteiger partial charge is 0.344 e. The lowest BCUT2D eigenvalue weighted by atomic mass is 9.95. The number of hydrogen-bond acceptors (Lipinski definition) is 3. The van der Waals surface area contributed by atoms with Crippen molar-refractivity contribution in [2.24, 2.45) is 0 Å². The molecule has 1 saturated heterocycles. The summed E-state index contributed by atoms with van der Waals surface area (Å²) < 4.78 is 4.50. The molecule has 0 N–H and O–H groups in total. The molecule has 0 bridgehead atoms. The van der Waals surface area contributed by atoms with E-state index in [1.54, 1.807) is 0 Å². The first-order valence-corrected chi connectivity index (χ1v) is 13.4. The Morgan fingerprint density at radius 1 is 0.946 bits per heavy atom. The van der Waals surface area contributed by atoms with Crippen LogP contribution in [0.3, 0.4) is 0 Å². The first-order chi connectivity index (χ1) is 17.9. The maximum absolute atomic E-state index is 13.5. The van der Waals surface area contributed by atoms with Crippen LogP contribution < -0.4 is 0 Å². The van der Waals surface area contributed by atoms with Crippen molar-refractivity contribution in [3.05, 3.63) is 107 Å². The Morgan fingerprint density at radius 2 is 1.62 bits per heavy atom. The number of aromatic nitrogens is 4. The van der Waals surface area contributed by atoms with E-state index in [0.717, 1.165) is 61.8 Å². The molecular formula is C31H37N5O. The molecule has 0 spiro atoms. The molecule has 6 heteroatoms. The second kappa shape index (κ2) is 10.8. The maximum Gasteiger partial charge on any atom is 0.255 e. The summed E-state index contributed by atoms with van der Waals surface area (Å²) in [5.74, 6) is 2.18. The van der Waals surface area contributed by atoms with Crippen LogP contribution in [0.2, 0.25) is 0 Å². The number of carbonyl (C=O) groups excluding carboxylic acids is 1. The van der Waals surface area contributed by atoms with Crippen LogP contribution in [0.15, 0.2) is 67.3 Å². The topological polar surface area (TPSA) is 56.0 Å². The average molecular weight is 496 g/mol. The lowest BCUT2D eigenvalue weighted by Crippen LogP contribution is -2.38. The first-order valence-electron chi connectivity index (χ1n) is 13.4. The van der Waals surface area contributed by atoms with Crippen LogP contribution in [-0.4, -0.2) is 43.0 Å². The quantitative estimate of drug-likeness (QED) is 0.319. The van der Waals surface area contributed by atoms with E-state index in [1.807, 2.05) is 41.7 Å². The van der Waals surface area contributed by atoms with Crippen LogP contribution in [0.5, 0.6) is 0 Å². The zero-order valence-corrected chi connectivity index (χ0v) is 22.4. The zero-order valence-electron chi connectivity index (χ0n) is 22.4. The number of amides is 1. The Morgan fingerprint density at radius 3 is 2.30 bits per heavy atom. The number of pyridine rings is 1. The summed E-state index contributed by atoms with van der Waals surface area (Å²) >= 11 is 0. The van der Waals surface area contributed by atoms with E-state index in [2.05, 4.69) is 72.3 Å². The van der Waals surface area contributed by atoms with Gasteiger partial charge in [0.1, 0.15) is 5.82 Å². The average Bonchev–Trinajstić information content (AvgIpc) is 3.49. The third-order valence-electron chi connectivity index (χ3n) is 7.79. The van der Waals surface area contributed by atoms with E-state index < -0.39 is 0 Å². The number of nitrogens with zero attached hydrogens (tertiary/aromatic N) is 5. The summed E-state index contributed by atoms with van der Waals surface area (Å²) in [6.45, 7) is 11.7. The van der Waals surface area contributed by atoms with Gasteiger partial charge in [0.15, 0.2) is 0 Å². The summed E-state index contributed by atoms with van der Waals surface area (Å²) in [5, 5.41) is 0. The minimum Gasteiger partial charge on any atom is -0.344 e. The molecule has 1 aliphatic heterocycles. The van der Waals surface area contributed by atoms with E-state index in [1.165, 1.54) is 16.7 Å². The number of rotatable bonds is 7. The standard InChI is InChI=1S/C31H37N5O/c1-22(2)27-7-5-25(6-8-27)20-35-18-15-33-30(35)28-11-16-34(17-12-28)31(37)29-19-23(3)36(24(29)4)21-26-9-13-32-14-10-26/h5-10,13-15,18-19,22,28H,11-12,16-17,20-21H2,1-4H3. The molecule has 37 heavy (non-hydrogen) atoms. The molecule has 1 fully saturated rings. The van der Waals surface area contributed by atoms with Gasteiger partial charge in [0.05, 0.1) is 5.56 Å². The van der Waals surface area contributed by atoms with Crippen LogP contribution in [-0.2, 0) is 13.1 Å². The molecule has 4 aromatic rings. The van der Waals surface area contributed by atoms with Crippen LogP contribution >= 0.6 is 0 Å². The lowest BCUT2D eigenvalue weighted by molar-refractivity contribution is 0.0709. The number of likely N-dealkylation sites (tertiary alicyclic amines) is 1. The Labute approximate surface area is 220 Å². The summed E-state index contributed by atoms with van der Waals surface area (Å²) in [4.78, 5) is 24.4. The molecule has 1 aromatic carbocycles. The summed E-state index contributed by atoms with van der Waals surface area (Å²) in [5.41, 5.74) is 6.79. The minimum atomic E-state index is 0.140. The molecule has 0 unspecified atom stereocenters. The minimum absolute atomic E-state index is 0.140. The van der Waals surface area contributed by atoms with Gasteiger partial charge in [0.25, 0.3) is 5.91 Å². The Hall–Kier alpha value is -3.67. The van der Waals surface area contributed by atoms with Gasteiger partial charge < -0.3 is 14.0 Å². The van der Waals surface area contributed by atoms with Gasteiger partial charge in [0, 0.05) is 68.3 Å². The molecule has 1 amide bonds. The van der Waals surface area contributed by atoms with Crippen molar-refractivity contribution in [2.45, 2.75) is 65.5 Å². The fraction of sp³-hybridized carbons (Fsp3) is 0.387. The van der Waals surface area contributed by atoms with Crippen molar-refractivity contribution in [3.8, 4) is 0 Å². The molecule has 192 valence electrons. The SMILES string of the molecule is Cc1cc(C(=O)N2CCC(c3nccn3Cc3ccc(C(C)C)cc3)CC2)c(C)n1Cc1ccncc1. The van der Waals surface area contributed by atoms with E-state index in [0.29, 0.717) is 11.8 Å². The fourth-order valence-corrected chi connectivity index (χ4v) is 5.46. The highest BCUT2D eigenvalue weighted by Gasteiger charge is 2.28. The third-order valence-corrected chi connectivity index (χ3v) is 7.79. The van der Waals surface area contributed by atoms with Crippen molar-refractivity contribution in [1.82, 2.24) is 24.0 Å². The molecule has 3 aromatic heterocycles. The molecule has 0 radical (unpaired) electrons. The summed E-state index contributed by atoms with van der Waals surface area (Å²) in [6, 6.07) is 15.0. The van der Waals surface area contributed by atoms with Gasteiger partial charge in [-0.3, -0.25) is 9.78 Å². The van der Waals surface area contributed by atoms with Crippen LogP contribution in [0, 0.1) is 13.8 Å². The predicted molar refractivity (Wildman–Crippen MR) is 147 cm³/mol. The highest BCUT2D eigenvalue weighted by molar-refractivity contribution is 5.95. The Bertz CT molecular complexity index is 1340. The molecule has 0 saturated carbocycles. The van der Waals surface area contributed by atoms with Crippen molar-refractivity contribution < 1.29 is 4.79 Å². The number of imidazole rings is 1. The second-order valence-electron chi connectivity index (χ2n) is 10.6. The number of benzene rings is 1. The van der Waals surface area contributed by atoms with Crippen molar-refractivity contribution in [2.75, 3.05) is 13.1 Å². The van der Waals surface area contributed by atoms with Crippen LogP contribution in [0.1, 0.15) is 82.8 Å². The van der Waals surface area contributed by atoms with Gasteiger partial charge in [-0.1, -0.05) is 38.1 Å². The van der Waals surface area contributed by atoms with E-state index in [4.69, 9.17) is 4.98 Å². The van der Waals surface area contributed by atoms with E-state index >= 15 is 0 Å². The van der Waals surface area contributed by atoms with Crippen molar-refractivity contribution in [3.63, 3.8) is 0 Å². The smallest absolute Gasteiger partial charge is 0.255 e. The molecule has 6 nitrogen and oxygen atoms in total. The normalized spacial score (nSPS) is 14.5. The number of aryl methyl sites for hydroxylation is 1. The lowest BCUT2D eigenvalue weighted by Gasteiger charge is -2.32. The van der Waals surface area contributed by atoms with E-state index in [-0.39, 0.29) is 5.91 Å². The summed E-state index contributed by atoms with van der Waals surface area (Å²) in [6.07, 6.45) is 9.49. The van der Waals surface area contributed by atoms with Gasteiger partial charge in [-0.25, -0.2) is 4.98 Å². The van der Waals surface area contributed by atoms with Gasteiger partial charge >= 0.3 is 0 Å². The van der Waals surface area contributed by atoms with E-state index in [9.17, 15) is 4.79 Å². The van der Waals surface area contributed by atoms with Gasteiger partial charge in [-0.05, 0) is 67.5 Å². The molecular weight excluding hydrogens is 458 g/mol. The predicted octanol–water partition coefficient (Wildman–Crippen LogP) is 5.94. The number of piperidine rings is 1. The highest BCUT2D eigenvalue weighted by atomic mass is 16.2.